The Balaban J connectivity index is 3.49. The molecule has 0 aromatic heterocycles. The van der Waals surface area contributed by atoms with E-state index in [4.69, 9.17) is 17.3 Å². The second-order valence-corrected chi connectivity index (χ2v) is 5.55. The van der Waals surface area contributed by atoms with E-state index in [1.54, 1.807) is 17.0 Å². The smallest absolute Gasteiger partial charge is 0.221 e. The monoisotopic (exact) mass is 352 g/mol. The van der Waals surface area contributed by atoms with Crippen molar-refractivity contribution in [3.63, 3.8) is 0 Å². The molecule has 0 radical (unpaired) electrons. The summed E-state index contributed by atoms with van der Waals surface area (Å²) in [5.41, 5.74) is 7.43. The van der Waals surface area contributed by atoms with Gasteiger partial charge >= 0.3 is 0 Å². The summed E-state index contributed by atoms with van der Waals surface area (Å²) in [7, 11) is 0. The molecule has 0 saturated heterocycles. The zero-order valence-corrected chi connectivity index (χ0v) is 14.8. The fraction of sp³-hybridized carbons (Fsp3) is 0.294. The zero-order chi connectivity index (χ0) is 18.3. The average molecular weight is 353 g/mol. The summed E-state index contributed by atoms with van der Waals surface area (Å²) < 4.78 is 14.3. The maximum absolute atomic E-state index is 14.3. The van der Waals surface area contributed by atoms with Gasteiger partial charge in [-0.3, -0.25) is 4.79 Å². The van der Waals surface area contributed by atoms with Crippen molar-refractivity contribution < 1.29 is 9.18 Å². The van der Waals surface area contributed by atoms with Crippen molar-refractivity contribution in [2.45, 2.75) is 27.2 Å². The maximum Gasteiger partial charge on any atom is 0.221 e. The van der Waals surface area contributed by atoms with Crippen LogP contribution in [-0.4, -0.2) is 18.3 Å². The Morgan fingerprint density at radius 3 is 2.71 bits per heavy atom. The van der Waals surface area contributed by atoms with Crippen LogP contribution in [-0.2, 0) is 4.79 Å². The summed E-state index contributed by atoms with van der Waals surface area (Å²) in [6.07, 6.45) is 1.56. The summed E-state index contributed by atoms with van der Waals surface area (Å²) >= 11 is 5.74. The predicted octanol–water partition coefficient (Wildman–Crippen LogP) is 4.05. The van der Waals surface area contributed by atoms with Crippen LogP contribution in [0.25, 0.3) is 0 Å². The van der Waals surface area contributed by atoms with Gasteiger partial charge in [0.1, 0.15) is 5.16 Å². The number of hydrogen-bond donors (Lipinski definition) is 2. The van der Waals surface area contributed by atoms with Crippen molar-refractivity contribution in [1.29, 1.82) is 0 Å². The highest BCUT2D eigenvalue weighted by Gasteiger charge is 2.20. The van der Waals surface area contributed by atoms with Gasteiger partial charge in [-0.1, -0.05) is 31.2 Å². The van der Waals surface area contributed by atoms with Crippen LogP contribution in [0.3, 0.4) is 0 Å². The Kier molecular flexibility index (Phi) is 7.45. The van der Waals surface area contributed by atoms with E-state index in [2.05, 4.69) is 16.9 Å². The molecule has 0 unspecified atom stereocenters. The van der Waals surface area contributed by atoms with Gasteiger partial charge in [0.05, 0.1) is 0 Å². The molecule has 3 N–H and O–H groups in total. The second kappa shape index (κ2) is 9.08. The van der Waals surface area contributed by atoms with Crippen LogP contribution in [0, 0.1) is 6.92 Å². The lowest BCUT2D eigenvalue weighted by Crippen LogP contribution is -2.33. The molecule has 0 fully saturated rings. The molecule has 1 rings (SSSR count). The van der Waals surface area contributed by atoms with Gasteiger partial charge < -0.3 is 16.0 Å². The quantitative estimate of drug-likeness (QED) is 0.461. The van der Waals surface area contributed by atoms with Crippen LogP contribution in [0.1, 0.15) is 25.8 Å². The van der Waals surface area contributed by atoms with Crippen molar-refractivity contribution in [3.8, 4) is 0 Å². The number of amides is 1. The first-order valence-corrected chi connectivity index (χ1v) is 7.85. The molecular formula is C17H22ClFN4O. The number of amidine groups is 1. The lowest BCUT2D eigenvalue weighted by Gasteiger charge is -2.27. The first-order chi connectivity index (χ1) is 11.3. The van der Waals surface area contributed by atoms with Gasteiger partial charge in [-0.05, 0) is 31.0 Å². The molecule has 24 heavy (non-hydrogen) atoms. The molecular weight excluding hydrogens is 331 g/mol. The van der Waals surface area contributed by atoms with Gasteiger partial charge in [-0.25, -0.2) is 9.38 Å². The number of rotatable bonds is 6. The third-order valence-corrected chi connectivity index (χ3v) is 3.28. The lowest BCUT2D eigenvalue weighted by molar-refractivity contribution is -0.114. The first kappa shape index (κ1) is 19.7. The summed E-state index contributed by atoms with van der Waals surface area (Å²) in [6.45, 7) is 9.18. The normalized spacial score (nSPS) is 12.0. The number of carbonyl (C=O) groups excluding carboxylic acids is 1. The average Bonchev–Trinajstić information content (AvgIpc) is 2.51. The van der Waals surface area contributed by atoms with Crippen LogP contribution >= 0.6 is 11.6 Å². The zero-order valence-electron chi connectivity index (χ0n) is 14.1. The fourth-order valence-corrected chi connectivity index (χ4v) is 2.32. The summed E-state index contributed by atoms with van der Waals surface area (Å²) in [4.78, 5) is 17.0. The maximum atomic E-state index is 14.3. The van der Waals surface area contributed by atoms with Gasteiger partial charge in [0.25, 0.3) is 0 Å². The van der Waals surface area contributed by atoms with E-state index >= 15 is 0 Å². The second-order valence-electron chi connectivity index (χ2n) is 5.11. The van der Waals surface area contributed by atoms with E-state index in [0.717, 1.165) is 18.2 Å². The Morgan fingerprint density at radius 2 is 2.21 bits per heavy atom. The highest BCUT2D eigenvalue weighted by atomic mass is 35.5. The molecule has 0 spiro atoms. The number of nitrogens with one attached hydrogen (secondary N) is 1. The number of nitrogens with zero attached hydrogens (tertiary/aromatic N) is 2. The molecule has 130 valence electrons. The number of benzene rings is 1. The first-order valence-electron chi connectivity index (χ1n) is 7.47. The Morgan fingerprint density at radius 1 is 1.54 bits per heavy atom. The Hall–Kier alpha value is -2.34. The van der Waals surface area contributed by atoms with E-state index in [0.29, 0.717) is 17.9 Å². The SMILES string of the molecule is C=C(Cl)/N=C(\C(F)=C/N)N(CCC)c1cccc(NC(C)=O)c1C. The van der Waals surface area contributed by atoms with E-state index in [9.17, 15) is 9.18 Å². The van der Waals surface area contributed by atoms with Gasteiger partial charge in [0.2, 0.25) is 5.91 Å². The van der Waals surface area contributed by atoms with Crippen LogP contribution in [0.5, 0.6) is 0 Å². The van der Waals surface area contributed by atoms with Gasteiger partial charge in [-0.15, -0.1) is 0 Å². The molecule has 0 aliphatic heterocycles. The fourth-order valence-electron chi connectivity index (χ4n) is 2.24. The van der Waals surface area contributed by atoms with Crippen molar-refractivity contribution in [2.24, 2.45) is 10.7 Å². The molecule has 0 aliphatic carbocycles. The minimum atomic E-state index is -0.713. The third-order valence-electron chi connectivity index (χ3n) is 3.20. The molecule has 0 heterocycles. The third kappa shape index (κ3) is 5.09. The summed E-state index contributed by atoms with van der Waals surface area (Å²) in [5.74, 6) is -0.926. The van der Waals surface area contributed by atoms with Crippen LogP contribution in [0.2, 0.25) is 0 Å². The summed E-state index contributed by atoms with van der Waals surface area (Å²) in [5, 5.41) is 2.69. The van der Waals surface area contributed by atoms with Crippen molar-refractivity contribution in [1.82, 2.24) is 0 Å². The molecule has 0 aliphatic rings. The predicted molar refractivity (Wildman–Crippen MR) is 98.9 cm³/mol. The largest absolute Gasteiger partial charge is 0.402 e. The molecule has 1 amide bonds. The van der Waals surface area contributed by atoms with Crippen LogP contribution < -0.4 is 16.0 Å². The van der Waals surface area contributed by atoms with Crippen molar-refractivity contribution in [2.75, 3.05) is 16.8 Å². The highest BCUT2D eigenvalue weighted by molar-refractivity contribution is 6.30. The molecule has 0 atom stereocenters. The Bertz CT molecular complexity index is 685. The number of aliphatic imine (C=N–C) groups is 1. The Labute approximate surface area is 146 Å². The van der Waals surface area contributed by atoms with Gasteiger partial charge in [0.15, 0.2) is 11.7 Å². The number of halogens is 2. The van der Waals surface area contributed by atoms with E-state index in [1.165, 1.54) is 6.92 Å². The number of nitrogens with two attached hydrogens (primary N) is 1. The number of anilines is 2. The molecule has 1 aromatic carbocycles. The van der Waals surface area contributed by atoms with Crippen molar-refractivity contribution in [3.05, 3.63) is 47.5 Å². The van der Waals surface area contributed by atoms with Crippen LogP contribution in [0.4, 0.5) is 15.8 Å². The lowest BCUT2D eigenvalue weighted by atomic mass is 10.1. The van der Waals surface area contributed by atoms with Crippen LogP contribution in [0.15, 0.2) is 47.0 Å². The van der Waals surface area contributed by atoms with E-state index in [1.807, 2.05) is 19.9 Å². The molecule has 1 aromatic rings. The number of carbonyl (C=O) groups is 1. The van der Waals surface area contributed by atoms with E-state index < -0.39 is 5.83 Å². The topological polar surface area (TPSA) is 70.7 Å². The molecule has 5 nitrogen and oxygen atoms in total. The molecule has 0 saturated carbocycles. The highest BCUT2D eigenvalue weighted by Crippen LogP contribution is 2.29. The standard InChI is InChI=1S/C17H22ClFN4O/c1-5-9-23(17(14(19)10-20)21-12(3)18)16-8-6-7-15(11(16)2)22-13(4)24/h6-8,10H,3,5,9,20H2,1-2,4H3,(H,22,24)/b14-10+,21-17+. The molecule has 0 bridgehead atoms. The van der Waals surface area contributed by atoms with Crippen molar-refractivity contribution >= 4 is 34.7 Å². The van der Waals surface area contributed by atoms with E-state index in [-0.39, 0.29) is 16.9 Å². The minimum absolute atomic E-state index is 0.0255. The number of hydrogen-bond acceptors (Lipinski definition) is 3. The molecule has 7 heteroatoms. The summed E-state index contributed by atoms with van der Waals surface area (Å²) in [6, 6.07) is 5.36. The minimum Gasteiger partial charge on any atom is -0.402 e. The van der Waals surface area contributed by atoms with Gasteiger partial charge in [0, 0.05) is 31.0 Å². The van der Waals surface area contributed by atoms with Gasteiger partial charge in [-0.2, -0.15) is 0 Å².